The predicted molar refractivity (Wildman–Crippen MR) is 75.4 cm³/mol. The van der Waals surface area contributed by atoms with Gasteiger partial charge in [-0.25, -0.2) is 9.37 Å². The highest BCUT2D eigenvalue weighted by atomic mass is 19.1. The summed E-state index contributed by atoms with van der Waals surface area (Å²) in [6, 6.07) is 6.62. The van der Waals surface area contributed by atoms with Gasteiger partial charge < -0.3 is 11.1 Å². The number of rotatable bonds is 3. The number of benzene rings is 1. The Bertz CT molecular complexity index is 576. The third-order valence-electron chi connectivity index (χ3n) is 3.36. The van der Waals surface area contributed by atoms with Crippen LogP contribution in [0.2, 0.25) is 0 Å². The smallest absolute Gasteiger partial charge is 0.128 e. The lowest BCUT2D eigenvalue weighted by Crippen LogP contribution is -2.21. The van der Waals surface area contributed by atoms with Crippen molar-refractivity contribution in [3.63, 3.8) is 0 Å². The predicted octanol–water partition coefficient (Wildman–Crippen LogP) is 2.73. The maximum Gasteiger partial charge on any atom is 0.128 e. The highest BCUT2D eigenvalue weighted by Gasteiger charge is 2.19. The number of aromatic nitrogens is 1. The molecule has 2 aromatic rings. The minimum atomic E-state index is -0.230. The van der Waals surface area contributed by atoms with Gasteiger partial charge in [0, 0.05) is 11.8 Å². The molecule has 0 bridgehead atoms. The van der Waals surface area contributed by atoms with Crippen molar-refractivity contribution in [3.8, 4) is 0 Å². The number of halogens is 1. The third kappa shape index (κ3) is 2.58. The van der Waals surface area contributed by atoms with Gasteiger partial charge in [-0.05, 0) is 55.8 Å². The van der Waals surface area contributed by atoms with Crippen molar-refractivity contribution < 1.29 is 4.39 Å². The Morgan fingerprint density at radius 1 is 1.21 bits per heavy atom. The number of nitrogens with zero attached hydrogens (tertiary/aromatic N) is 1. The molecule has 0 spiro atoms. The lowest BCUT2D eigenvalue weighted by atomic mass is 9.93. The normalized spacial score (nSPS) is 12.4. The van der Waals surface area contributed by atoms with Crippen LogP contribution in [0.4, 0.5) is 10.2 Å². The van der Waals surface area contributed by atoms with Gasteiger partial charge in [0.2, 0.25) is 0 Å². The van der Waals surface area contributed by atoms with E-state index >= 15 is 0 Å². The summed E-state index contributed by atoms with van der Waals surface area (Å²) < 4.78 is 13.2. The zero-order valence-electron chi connectivity index (χ0n) is 11.4. The summed E-state index contributed by atoms with van der Waals surface area (Å²) in [7, 11) is 1.86. The van der Waals surface area contributed by atoms with E-state index in [0.29, 0.717) is 5.82 Å². The topological polar surface area (TPSA) is 50.9 Å². The molecule has 0 fully saturated rings. The molecule has 1 heterocycles. The molecule has 1 aromatic carbocycles. The number of aryl methyl sites for hydroxylation is 2. The fraction of sp³-hybridized carbons (Fsp3) is 0.267. The number of nitrogens with one attached hydrogen (secondary N) is 1. The Hall–Kier alpha value is -1.94. The minimum absolute atomic E-state index is 0.0886. The summed E-state index contributed by atoms with van der Waals surface area (Å²) >= 11 is 0. The van der Waals surface area contributed by atoms with Crippen LogP contribution in [0.3, 0.4) is 0 Å². The molecule has 0 aliphatic rings. The van der Waals surface area contributed by atoms with Crippen molar-refractivity contribution in [2.24, 2.45) is 0 Å². The summed E-state index contributed by atoms with van der Waals surface area (Å²) in [5.74, 6) is 0.273. The van der Waals surface area contributed by atoms with Crippen LogP contribution in [0, 0.1) is 19.7 Å². The van der Waals surface area contributed by atoms with Gasteiger partial charge in [0.25, 0.3) is 0 Å². The highest BCUT2D eigenvalue weighted by molar-refractivity contribution is 5.51. The second kappa shape index (κ2) is 5.36. The molecule has 100 valence electrons. The molecule has 0 aliphatic carbocycles. The van der Waals surface area contributed by atoms with Crippen LogP contribution in [0.1, 0.15) is 28.3 Å². The zero-order chi connectivity index (χ0) is 14.0. The largest absolute Gasteiger partial charge is 0.383 e. The summed E-state index contributed by atoms with van der Waals surface area (Å²) in [4.78, 5) is 4.15. The molecule has 3 N–H and O–H groups in total. The molecule has 0 radical (unpaired) electrons. The van der Waals surface area contributed by atoms with Crippen LogP contribution in [0.15, 0.2) is 30.5 Å². The first-order valence-corrected chi connectivity index (χ1v) is 6.19. The molecule has 1 atom stereocenters. The van der Waals surface area contributed by atoms with E-state index in [1.54, 1.807) is 12.3 Å². The van der Waals surface area contributed by atoms with Crippen LogP contribution in [0.5, 0.6) is 0 Å². The maximum atomic E-state index is 13.2. The van der Waals surface area contributed by atoms with E-state index in [0.717, 1.165) is 22.3 Å². The average Bonchev–Trinajstić information content (AvgIpc) is 2.35. The van der Waals surface area contributed by atoms with Crippen LogP contribution in [-0.4, -0.2) is 12.0 Å². The van der Waals surface area contributed by atoms with Gasteiger partial charge in [-0.2, -0.15) is 0 Å². The fourth-order valence-corrected chi connectivity index (χ4v) is 2.38. The number of hydrogen-bond acceptors (Lipinski definition) is 3. The minimum Gasteiger partial charge on any atom is -0.383 e. The van der Waals surface area contributed by atoms with E-state index in [9.17, 15) is 4.39 Å². The average molecular weight is 259 g/mol. The molecule has 0 saturated carbocycles. The van der Waals surface area contributed by atoms with Crippen molar-refractivity contribution >= 4 is 5.82 Å². The molecule has 3 nitrogen and oxygen atoms in total. The molecular formula is C15H18FN3. The van der Waals surface area contributed by atoms with Gasteiger partial charge in [-0.1, -0.05) is 6.07 Å². The summed E-state index contributed by atoms with van der Waals surface area (Å²) in [5, 5.41) is 3.23. The van der Waals surface area contributed by atoms with Gasteiger partial charge in [-0.15, -0.1) is 0 Å². The van der Waals surface area contributed by atoms with E-state index in [4.69, 9.17) is 5.73 Å². The lowest BCUT2D eigenvalue weighted by molar-refractivity contribution is 0.621. The monoisotopic (exact) mass is 259 g/mol. The van der Waals surface area contributed by atoms with Crippen LogP contribution in [0.25, 0.3) is 0 Å². The van der Waals surface area contributed by atoms with E-state index < -0.39 is 0 Å². The van der Waals surface area contributed by atoms with Crippen molar-refractivity contribution in [3.05, 3.63) is 58.5 Å². The molecule has 1 aromatic heterocycles. The van der Waals surface area contributed by atoms with Crippen LogP contribution in [-0.2, 0) is 0 Å². The first-order chi connectivity index (χ1) is 9.04. The number of anilines is 1. The molecular weight excluding hydrogens is 241 g/mol. The van der Waals surface area contributed by atoms with Gasteiger partial charge >= 0.3 is 0 Å². The Morgan fingerprint density at radius 3 is 2.53 bits per heavy atom. The van der Waals surface area contributed by atoms with Crippen molar-refractivity contribution in [2.75, 3.05) is 12.8 Å². The summed E-state index contributed by atoms with van der Waals surface area (Å²) in [6.45, 7) is 3.89. The third-order valence-corrected chi connectivity index (χ3v) is 3.36. The number of hydrogen-bond donors (Lipinski definition) is 2. The molecule has 2 rings (SSSR count). The van der Waals surface area contributed by atoms with Gasteiger partial charge in [0.05, 0.1) is 6.04 Å². The molecule has 19 heavy (non-hydrogen) atoms. The van der Waals surface area contributed by atoms with E-state index in [2.05, 4.69) is 10.3 Å². The highest BCUT2D eigenvalue weighted by Crippen LogP contribution is 2.30. The van der Waals surface area contributed by atoms with Gasteiger partial charge in [0.1, 0.15) is 11.6 Å². The van der Waals surface area contributed by atoms with Gasteiger partial charge in [-0.3, -0.25) is 0 Å². The number of nitrogens with two attached hydrogens (primary N) is 1. The summed E-state index contributed by atoms with van der Waals surface area (Å²) in [5.41, 5.74) is 9.90. The van der Waals surface area contributed by atoms with Crippen LogP contribution >= 0.6 is 0 Å². The Kier molecular flexibility index (Phi) is 3.81. The second-order valence-corrected chi connectivity index (χ2v) is 4.65. The fourth-order valence-electron chi connectivity index (χ4n) is 2.38. The van der Waals surface area contributed by atoms with Crippen molar-refractivity contribution in [2.45, 2.75) is 19.9 Å². The Labute approximate surface area is 112 Å². The quantitative estimate of drug-likeness (QED) is 0.891. The van der Waals surface area contributed by atoms with E-state index in [-0.39, 0.29) is 11.9 Å². The Morgan fingerprint density at radius 2 is 1.95 bits per heavy atom. The summed E-state index contributed by atoms with van der Waals surface area (Å²) in [6.07, 6.45) is 1.69. The second-order valence-electron chi connectivity index (χ2n) is 4.65. The first-order valence-electron chi connectivity index (χ1n) is 6.19. The standard InChI is InChI=1S/C15H18FN3/c1-9-6-7-19-15(17)13(9)14(18-3)12-5-4-11(16)8-10(12)2/h4-8,14,18H,1-3H3,(H2,17,19). The van der Waals surface area contributed by atoms with Crippen molar-refractivity contribution in [1.29, 1.82) is 0 Å². The molecule has 4 heteroatoms. The number of nitrogen functional groups attached to an aromatic ring is 1. The maximum absolute atomic E-state index is 13.2. The lowest BCUT2D eigenvalue weighted by Gasteiger charge is -2.22. The molecule has 0 saturated heterocycles. The van der Waals surface area contributed by atoms with Crippen molar-refractivity contribution in [1.82, 2.24) is 10.3 Å². The molecule has 0 amide bonds. The Balaban J connectivity index is 2.56. The molecule has 0 aliphatic heterocycles. The van der Waals surface area contributed by atoms with E-state index in [1.807, 2.05) is 27.0 Å². The van der Waals surface area contributed by atoms with Crippen LogP contribution < -0.4 is 11.1 Å². The van der Waals surface area contributed by atoms with Gasteiger partial charge in [0.15, 0.2) is 0 Å². The SMILES string of the molecule is CNC(c1ccc(F)cc1C)c1c(C)ccnc1N. The number of pyridine rings is 1. The first kappa shape index (κ1) is 13.5. The zero-order valence-corrected chi connectivity index (χ0v) is 11.4. The van der Waals surface area contributed by atoms with E-state index in [1.165, 1.54) is 12.1 Å². The molecule has 1 unspecified atom stereocenters.